The number of carbonyl (C=O) groups is 1. The average Bonchev–Trinajstić information content (AvgIpc) is 2.99. The summed E-state index contributed by atoms with van der Waals surface area (Å²) in [6.07, 6.45) is 3.10. The minimum Gasteiger partial charge on any atom is -0.345 e. The monoisotopic (exact) mass is 342 g/mol. The van der Waals surface area contributed by atoms with Crippen molar-refractivity contribution >= 4 is 5.91 Å². The summed E-state index contributed by atoms with van der Waals surface area (Å²) >= 11 is 0. The molecule has 2 heterocycles. The van der Waals surface area contributed by atoms with Crippen LogP contribution in [0.2, 0.25) is 0 Å². The molecule has 3 rings (SSSR count). The van der Waals surface area contributed by atoms with Gasteiger partial charge >= 0.3 is 0 Å². The SMILES string of the molecule is Cc1c(C(=O)NC(C)c2ccc(F)c(F)c2)cnn1-c1ccccn1. The standard InChI is InChI=1S/C18H16F2N4O/c1-11(13-6-7-15(19)16(20)9-13)23-18(25)14-10-22-24(12(14)2)17-5-3-4-8-21-17/h3-11H,1-2H3,(H,23,25). The highest BCUT2D eigenvalue weighted by atomic mass is 19.2. The molecule has 25 heavy (non-hydrogen) atoms. The summed E-state index contributed by atoms with van der Waals surface area (Å²) in [6.45, 7) is 3.46. The minimum absolute atomic E-state index is 0.350. The Bertz CT molecular complexity index is 909. The van der Waals surface area contributed by atoms with Gasteiger partial charge in [0.1, 0.15) is 0 Å². The number of hydrogen-bond acceptors (Lipinski definition) is 3. The van der Waals surface area contributed by atoms with Crippen molar-refractivity contribution in [2.24, 2.45) is 0 Å². The highest BCUT2D eigenvalue weighted by Crippen LogP contribution is 2.18. The summed E-state index contributed by atoms with van der Waals surface area (Å²) < 4.78 is 27.9. The fourth-order valence-electron chi connectivity index (χ4n) is 2.48. The maximum absolute atomic E-state index is 13.3. The molecule has 0 aliphatic carbocycles. The number of nitrogens with one attached hydrogen (secondary N) is 1. The fourth-order valence-corrected chi connectivity index (χ4v) is 2.48. The summed E-state index contributed by atoms with van der Waals surface area (Å²) in [5.74, 6) is -1.61. The van der Waals surface area contributed by atoms with Crippen LogP contribution in [0.5, 0.6) is 0 Å². The zero-order valence-corrected chi connectivity index (χ0v) is 13.7. The van der Waals surface area contributed by atoms with Crippen molar-refractivity contribution in [3.05, 3.63) is 77.2 Å². The molecule has 0 fully saturated rings. The van der Waals surface area contributed by atoms with Crippen molar-refractivity contribution < 1.29 is 13.6 Å². The number of rotatable bonds is 4. The van der Waals surface area contributed by atoms with Crippen molar-refractivity contribution in [1.82, 2.24) is 20.1 Å². The van der Waals surface area contributed by atoms with E-state index in [0.29, 0.717) is 22.6 Å². The fraction of sp³-hybridized carbons (Fsp3) is 0.167. The van der Waals surface area contributed by atoms with Crippen LogP contribution in [0.1, 0.15) is 34.6 Å². The predicted molar refractivity (Wildman–Crippen MR) is 88.3 cm³/mol. The Hall–Kier alpha value is -3.09. The Balaban J connectivity index is 1.80. The van der Waals surface area contributed by atoms with Gasteiger partial charge < -0.3 is 5.32 Å². The third kappa shape index (κ3) is 3.40. The molecule has 2 aromatic heterocycles. The molecule has 1 N–H and O–H groups in total. The van der Waals surface area contributed by atoms with E-state index >= 15 is 0 Å². The van der Waals surface area contributed by atoms with Crippen molar-refractivity contribution in [3.63, 3.8) is 0 Å². The second-order valence-corrected chi connectivity index (χ2v) is 5.61. The van der Waals surface area contributed by atoms with Gasteiger partial charge in [-0.05, 0) is 43.7 Å². The van der Waals surface area contributed by atoms with Gasteiger partial charge in [-0.3, -0.25) is 4.79 Å². The Labute approximate surface area is 143 Å². The van der Waals surface area contributed by atoms with Crippen LogP contribution in [0.25, 0.3) is 5.82 Å². The second-order valence-electron chi connectivity index (χ2n) is 5.61. The molecule has 0 bridgehead atoms. The van der Waals surface area contributed by atoms with E-state index in [2.05, 4.69) is 15.4 Å². The van der Waals surface area contributed by atoms with E-state index in [9.17, 15) is 13.6 Å². The quantitative estimate of drug-likeness (QED) is 0.791. The summed E-state index contributed by atoms with van der Waals surface area (Å²) in [7, 11) is 0. The lowest BCUT2D eigenvalue weighted by Crippen LogP contribution is -2.27. The Kier molecular flexibility index (Phi) is 4.56. The van der Waals surface area contributed by atoms with Gasteiger partial charge in [0, 0.05) is 6.20 Å². The maximum Gasteiger partial charge on any atom is 0.255 e. The zero-order chi connectivity index (χ0) is 18.0. The molecule has 7 heteroatoms. The van der Waals surface area contributed by atoms with Crippen LogP contribution in [0.4, 0.5) is 8.78 Å². The Morgan fingerprint density at radius 3 is 2.68 bits per heavy atom. The zero-order valence-electron chi connectivity index (χ0n) is 13.7. The summed E-state index contributed by atoms with van der Waals surface area (Å²) in [5.41, 5.74) is 1.50. The Morgan fingerprint density at radius 1 is 1.20 bits per heavy atom. The highest BCUT2D eigenvalue weighted by molar-refractivity contribution is 5.95. The minimum atomic E-state index is -0.947. The topological polar surface area (TPSA) is 59.8 Å². The van der Waals surface area contributed by atoms with Gasteiger partial charge in [-0.1, -0.05) is 12.1 Å². The largest absolute Gasteiger partial charge is 0.345 e. The summed E-state index contributed by atoms with van der Waals surface area (Å²) in [4.78, 5) is 16.7. The molecule has 1 aromatic carbocycles. The van der Waals surface area contributed by atoms with E-state index in [1.165, 1.54) is 12.3 Å². The van der Waals surface area contributed by atoms with Crippen LogP contribution in [-0.4, -0.2) is 20.7 Å². The molecule has 0 radical (unpaired) electrons. The first-order chi connectivity index (χ1) is 12.0. The lowest BCUT2D eigenvalue weighted by atomic mass is 10.1. The number of benzene rings is 1. The number of amides is 1. The molecular formula is C18H16F2N4O. The first-order valence-electron chi connectivity index (χ1n) is 7.69. The van der Waals surface area contributed by atoms with Crippen LogP contribution in [0, 0.1) is 18.6 Å². The molecular weight excluding hydrogens is 326 g/mol. The molecule has 128 valence electrons. The Morgan fingerprint density at radius 2 is 2.00 bits per heavy atom. The van der Waals surface area contributed by atoms with E-state index in [4.69, 9.17) is 0 Å². The van der Waals surface area contributed by atoms with Crippen molar-refractivity contribution in [1.29, 1.82) is 0 Å². The lowest BCUT2D eigenvalue weighted by Gasteiger charge is -2.14. The van der Waals surface area contributed by atoms with E-state index in [1.54, 1.807) is 36.9 Å². The molecule has 5 nitrogen and oxygen atoms in total. The van der Waals surface area contributed by atoms with Gasteiger partial charge in [-0.2, -0.15) is 5.10 Å². The third-order valence-corrected chi connectivity index (χ3v) is 3.91. The van der Waals surface area contributed by atoms with Gasteiger partial charge in [-0.15, -0.1) is 0 Å². The number of hydrogen-bond donors (Lipinski definition) is 1. The number of carbonyl (C=O) groups excluding carboxylic acids is 1. The molecule has 3 aromatic rings. The maximum atomic E-state index is 13.3. The molecule has 0 saturated carbocycles. The lowest BCUT2D eigenvalue weighted by molar-refractivity contribution is 0.0939. The van der Waals surface area contributed by atoms with Gasteiger partial charge in [-0.25, -0.2) is 18.4 Å². The normalized spacial score (nSPS) is 12.0. The molecule has 0 aliphatic rings. The van der Waals surface area contributed by atoms with Crippen LogP contribution in [0.15, 0.2) is 48.8 Å². The number of halogens is 2. The number of aromatic nitrogens is 3. The number of pyridine rings is 1. The second kappa shape index (κ2) is 6.80. The van der Waals surface area contributed by atoms with Gasteiger partial charge in [0.25, 0.3) is 5.91 Å². The van der Waals surface area contributed by atoms with Crippen LogP contribution in [-0.2, 0) is 0 Å². The van der Waals surface area contributed by atoms with E-state index in [0.717, 1.165) is 12.1 Å². The summed E-state index contributed by atoms with van der Waals surface area (Å²) in [6, 6.07) is 8.47. The van der Waals surface area contributed by atoms with Crippen LogP contribution < -0.4 is 5.32 Å². The molecule has 1 atom stereocenters. The molecule has 1 unspecified atom stereocenters. The van der Waals surface area contributed by atoms with Crippen molar-refractivity contribution in [2.75, 3.05) is 0 Å². The average molecular weight is 342 g/mol. The van der Waals surface area contributed by atoms with Gasteiger partial charge in [0.2, 0.25) is 0 Å². The first kappa shape index (κ1) is 16.8. The van der Waals surface area contributed by atoms with E-state index in [-0.39, 0.29) is 5.91 Å². The molecule has 0 saturated heterocycles. The van der Waals surface area contributed by atoms with Gasteiger partial charge in [0.05, 0.1) is 23.5 Å². The van der Waals surface area contributed by atoms with Gasteiger partial charge in [0.15, 0.2) is 17.5 Å². The molecule has 0 aliphatic heterocycles. The smallest absolute Gasteiger partial charge is 0.255 e. The van der Waals surface area contributed by atoms with Crippen molar-refractivity contribution in [3.8, 4) is 5.82 Å². The first-order valence-corrected chi connectivity index (χ1v) is 7.69. The van der Waals surface area contributed by atoms with Crippen molar-refractivity contribution in [2.45, 2.75) is 19.9 Å². The molecule has 0 spiro atoms. The third-order valence-electron chi connectivity index (χ3n) is 3.91. The predicted octanol–water partition coefficient (Wildman–Crippen LogP) is 3.34. The van der Waals surface area contributed by atoms with Crippen LogP contribution in [0.3, 0.4) is 0 Å². The van der Waals surface area contributed by atoms with E-state index < -0.39 is 17.7 Å². The summed E-state index contributed by atoms with van der Waals surface area (Å²) in [5, 5.41) is 6.96. The van der Waals surface area contributed by atoms with Crippen LogP contribution >= 0.6 is 0 Å². The van der Waals surface area contributed by atoms with E-state index in [1.807, 2.05) is 6.07 Å². The highest BCUT2D eigenvalue weighted by Gasteiger charge is 2.18. The number of nitrogens with zero attached hydrogens (tertiary/aromatic N) is 3. The molecule has 1 amide bonds.